The number of fused-ring (bicyclic) bond motifs is 1. The SMILES string of the molecule is NN1C(c2ccccc2)=CN2C=CC=CC21. The molecule has 2 heterocycles. The Morgan fingerprint density at radius 1 is 1.06 bits per heavy atom. The average molecular weight is 211 g/mol. The standard InChI is InChI=1S/C13H13N3/c14-16-12(11-6-2-1-3-7-11)10-15-9-5-4-8-13(15)16/h1-10,13H,14H2. The van der Waals surface area contributed by atoms with Gasteiger partial charge in [0.1, 0.15) is 6.17 Å². The zero-order chi connectivity index (χ0) is 11.0. The molecule has 2 aliphatic heterocycles. The highest BCUT2D eigenvalue weighted by Crippen LogP contribution is 2.29. The number of hydrogen-bond acceptors (Lipinski definition) is 3. The molecular weight excluding hydrogens is 198 g/mol. The number of nitrogens with zero attached hydrogens (tertiary/aromatic N) is 2. The molecule has 16 heavy (non-hydrogen) atoms. The highest BCUT2D eigenvalue weighted by atomic mass is 15.5. The lowest BCUT2D eigenvalue weighted by molar-refractivity contribution is 0.252. The van der Waals surface area contributed by atoms with Crippen LogP contribution in [0.25, 0.3) is 5.70 Å². The molecule has 0 saturated heterocycles. The second-order valence-electron chi connectivity index (χ2n) is 3.87. The van der Waals surface area contributed by atoms with E-state index in [2.05, 4.69) is 29.3 Å². The summed E-state index contributed by atoms with van der Waals surface area (Å²) in [6.07, 6.45) is 10.3. The molecule has 3 nitrogen and oxygen atoms in total. The van der Waals surface area contributed by atoms with Crippen molar-refractivity contribution in [3.63, 3.8) is 0 Å². The van der Waals surface area contributed by atoms with Crippen LogP contribution in [0.4, 0.5) is 0 Å². The van der Waals surface area contributed by atoms with Gasteiger partial charge in [-0.1, -0.05) is 36.4 Å². The van der Waals surface area contributed by atoms with Crippen molar-refractivity contribution in [2.24, 2.45) is 5.84 Å². The minimum atomic E-state index is 0.111. The first kappa shape index (κ1) is 9.24. The molecule has 0 aromatic heterocycles. The van der Waals surface area contributed by atoms with Crippen molar-refractivity contribution in [1.29, 1.82) is 0 Å². The first-order valence-electron chi connectivity index (χ1n) is 5.30. The van der Waals surface area contributed by atoms with E-state index < -0.39 is 0 Å². The summed E-state index contributed by atoms with van der Waals surface area (Å²) in [5.41, 5.74) is 2.18. The van der Waals surface area contributed by atoms with Crippen LogP contribution < -0.4 is 5.84 Å². The van der Waals surface area contributed by atoms with Crippen LogP contribution >= 0.6 is 0 Å². The fourth-order valence-electron chi connectivity index (χ4n) is 2.04. The minimum Gasteiger partial charge on any atom is -0.327 e. The fraction of sp³-hybridized carbons (Fsp3) is 0.0769. The maximum Gasteiger partial charge on any atom is 0.139 e. The number of nitrogens with two attached hydrogens (primary N) is 1. The minimum absolute atomic E-state index is 0.111. The highest BCUT2D eigenvalue weighted by molar-refractivity contribution is 5.66. The Balaban J connectivity index is 1.98. The fourth-order valence-corrected chi connectivity index (χ4v) is 2.04. The predicted octanol–water partition coefficient (Wildman–Crippen LogP) is 1.89. The number of rotatable bonds is 1. The molecule has 0 amide bonds. The topological polar surface area (TPSA) is 32.5 Å². The van der Waals surface area contributed by atoms with Crippen molar-refractivity contribution in [2.75, 3.05) is 0 Å². The van der Waals surface area contributed by atoms with Gasteiger partial charge in [0.15, 0.2) is 0 Å². The van der Waals surface area contributed by atoms with Gasteiger partial charge in [-0.05, 0) is 12.2 Å². The van der Waals surface area contributed by atoms with E-state index in [1.165, 1.54) is 0 Å². The number of benzene rings is 1. The Morgan fingerprint density at radius 2 is 1.88 bits per heavy atom. The molecule has 0 radical (unpaired) electrons. The van der Waals surface area contributed by atoms with Gasteiger partial charge in [0, 0.05) is 18.0 Å². The van der Waals surface area contributed by atoms with E-state index in [4.69, 9.17) is 5.84 Å². The smallest absolute Gasteiger partial charge is 0.139 e. The molecule has 3 heteroatoms. The first-order chi connectivity index (χ1) is 7.86. The van der Waals surface area contributed by atoms with Gasteiger partial charge in [-0.2, -0.15) is 0 Å². The van der Waals surface area contributed by atoms with E-state index >= 15 is 0 Å². The third-order valence-corrected chi connectivity index (χ3v) is 2.86. The summed E-state index contributed by atoms with van der Waals surface area (Å²) in [5, 5.41) is 1.79. The van der Waals surface area contributed by atoms with Gasteiger partial charge in [-0.25, -0.2) is 5.84 Å². The summed E-state index contributed by atoms with van der Waals surface area (Å²) in [6.45, 7) is 0. The summed E-state index contributed by atoms with van der Waals surface area (Å²) in [7, 11) is 0. The monoisotopic (exact) mass is 211 g/mol. The number of hydrogen-bond donors (Lipinski definition) is 1. The van der Waals surface area contributed by atoms with Crippen molar-refractivity contribution >= 4 is 5.70 Å². The summed E-state index contributed by atoms with van der Waals surface area (Å²) >= 11 is 0. The summed E-state index contributed by atoms with van der Waals surface area (Å²) in [5.74, 6) is 6.10. The zero-order valence-electron chi connectivity index (χ0n) is 8.82. The molecule has 2 N–H and O–H groups in total. The van der Waals surface area contributed by atoms with E-state index in [0.717, 1.165) is 11.3 Å². The van der Waals surface area contributed by atoms with E-state index in [1.54, 1.807) is 5.01 Å². The lowest BCUT2D eigenvalue weighted by Gasteiger charge is -2.27. The molecule has 1 aromatic carbocycles. The van der Waals surface area contributed by atoms with E-state index in [9.17, 15) is 0 Å². The molecule has 0 bridgehead atoms. The number of hydrazine groups is 1. The van der Waals surface area contributed by atoms with Gasteiger partial charge in [0.05, 0.1) is 5.70 Å². The lowest BCUT2D eigenvalue weighted by Crippen LogP contribution is -2.40. The maximum absolute atomic E-state index is 6.10. The zero-order valence-corrected chi connectivity index (χ0v) is 8.82. The van der Waals surface area contributed by atoms with Crippen LogP contribution in [-0.4, -0.2) is 16.1 Å². The van der Waals surface area contributed by atoms with Gasteiger partial charge >= 0.3 is 0 Å². The summed E-state index contributed by atoms with van der Waals surface area (Å²) in [6, 6.07) is 10.2. The molecule has 0 aliphatic carbocycles. The molecule has 2 aliphatic rings. The molecule has 80 valence electrons. The van der Waals surface area contributed by atoms with Crippen LogP contribution in [0.1, 0.15) is 5.56 Å². The molecule has 1 aromatic rings. The van der Waals surface area contributed by atoms with Gasteiger partial charge in [-0.15, -0.1) is 0 Å². The van der Waals surface area contributed by atoms with Crippen molar-refractivity contribution in [3.05, 3.63) is 66.5 Å². The molecular formula is C13H13N3. The highest BCUT2D eigenvalue weighted by Gasteiger charge is 2.28. The second-order valence-corrected chi connectivity index (χ2v) is 3.87. The van der Waals surface area contributed by atoms with Gasteiger partial charge in [-0.3, -0.25) is 5.01 Å². The largest absolute Gasteiger partial charge is 0.327 e. The van der Waals surface area contributed by atoms with Crippen LogP contribution in [-0.2, 0) is 0 Å². The predicted molar refractivity (Wildman–Crippen MR) is 64.4 cm³/mol. The number of allylic oxidation sites excluding steroid dienone is 2. The normalized spacial score (nSPS) is 22.3. The van der Waals surface area contributed by atoms with E-state index in [-0.39, 0.29) is 6.17 Å². The van der Waals surface area contributed by atoms with Crippen LogP contribution in [0.3, 0.4) is 0 Å². The molecule has 1 atom stereocenters. The van der Waals surface area contributed by atoms with E-state index in [1.807, 2.05) is 36.6 Å². The van der Waals surface area contributed by atoms with Crippen molar-refractivity contribution < 1.29 is 0 Å². The third kappa shape index (κ3) is 1.33. The Morgan fingerprint density at radius 3 is 2.62 bits per heavy atom. The van der Waals surface area contributed by atoms with Gasteiger partial charge in [0.25, 0.3) is 0 Å². The third-order valence-electron chi connectivity index (χ3n) is 2.86. The molecule has 0 fully saturated rings. The molecule has 1 unspecified atom stereocenters. The molecule has 3 rings (SSSR count). The van der Waals surface area contributed by atoms with Crippen LogP contribution in [0, 0.1) is 0 Å². The van der Waals surface area contributed by atoms with Gasteiger partial charge < -0.3 is 4.90 Å². The van der Waals surface area contributed by atoms with E-state index in [0.29, 0.717) is 0 Å². The Kier molecular flexibility index (Phi) is 2.04. The van der Waals surface area contributed by atoms with Gasteiger partial charge in [0.2, 0.25) is 0 Å². The lowest BCUT2D eigenvalue weighted by atomic mass is 10.2. The Labute approximate surface area is 94.7 Å². The summed E-state index contributed by atoms with van der Waals surface area (Å²) in [4.78, 5) is 2.10. The Hall–Kier alpha value is -2.00. The quantitative estimate of drug-likeness (QED) is 0.720. The van der Waals surface area contributed by atoms with Crippen molar-refractivity contribution in [3.8, 4) is 0 Å². The first-order valence-corrected chi connectivity index (χ1v) is 5.30. The Bertz CT molecular complexity index is 473. The maximum atomic E-state index is 6.10. The molecule has 0 spiro atoms. The van der Waals surface area contributed by atoms with Crippen LogP contribution in [0.2, 0.25) is 0 Å². The second kappa shape index (κ2) is 3.54. The van der Waals surface area contributed by atoms with Crippen molar-refractivity contribution in [1.82, 2.24) is 9.91 Å². The average Bonchev–Trinajstić information content (AvgIpc) is 2.69. The molecule has 0 saturated carbocycles. The summed E-state index contributed by atoms with van der Waals surface area (Å²) < 4.78 is 0. The van der Waals surface area contributed by atoms with Crippen LogP contribution in [0.15, 0.2) is 61.0 Å². The van der Waals surface area contributed by atoms with Crippen molar-refractivity contribution in [2.45, 2.75) is 6.17 Å². The van der Waals surface area contributed by atoms with Crippen LogP contribution in [0.5, 0.6) is 0 Å².